The third-order valence-electron chi connectivity index (χ3n) is 3.03. The van der Waals surface area contributed by atoms with Crippen LogP contribution >= 0.6 is 15.9 Å². The molecule has 106 valence electrons. The first-order valence-electron chi connectivity index (χ1n) is 6.09. The normalized spacial score (nSPS) is 12.4. The van der Waals surface area contributed by atoms with E-state index in [0.29, 0.717) is 5.56 Å². The molecule has 0 aliphatic heterocycles. The van der Waals surface area contributed by atoms with Crippen molar-refractivity contribution in [3.8, 4) is 0 Å². The summed E-state index contributed by atoms with van der Waals surface area (Å²) in [6.07, 6.45) is 0. The van der Waals surface area contributed by atoms with E-state index in [1.165, 1.54) is 6.07 Å². The second kappa shape index (κ2) is 6.41. The molecule has 0 bridgehead atoms. The van der Waals surface area contributed by atoms with Crippen LogP contribution < -0.4 is 5.32 Å². The van der Waals surface area contributed by atoms with Gasteiger partial charge in [0.2, 0.25) is 0 Å². The summed E-state index contributed by atoms with van der Waals surface area (Å²) in [7, 11) is 0. The van der Waals surface area contributed by atoms with Crippen LogP contribution in [0, 0.1) is 17.5 Å². The molecule has 1 atom stereocenters. The number of rotatable bonds is 4. The summed E-state index contributed by atoms with van der Waals surface area (Å²) in [5, 5.41) is 2.98. The summed E-state index contributed by atoms with van der Waals surface area (Å²) >= 11 is 3.28. The highest BCUT2D eigenvalue weighted by Crippen LogP contribution is 2.22. The molecule has 0 saturated carbocycles. The Hall–Kier alpha value is -1.33. The predicted octanol–water partition coefficient (Wildman–Crippen LogP) is 4.72. The minimum atomic E-state index is -0.496. The van der Waals surface area contributed by atoms with Gasteiger partial charge in [-0.2, -0.15) is 0 Å². The van der Waals surface area contributed by atoms with Gasteiger partial charge in [-0.1, -0.05) is 15.9 Å². The van der Waals surface area contributed by atoms with Crippen LogP contribution in [0.5, 0.6) is 0 Å². The Kier molecular flexibility index (Phi) is 4.83. The van der Waals surface area contributed by atoms with E-state index in [1.54, 1.807) is 19.1 Å². The Balaban J connectivity index is 2.10. The molecule has 2 aromatic rings. The topological polar surface area (TPSA) is 12.0 Å². The maximum absolute atomic E-state index is 13.7. The van der Waals surface area contributed by atoms with Crippen molar-refractivity contribution in [1.29, 1.82) is 0 Å². The molecule has 20 heavy (non-hydrogen) atoms. The summed E-state index contributed by atoms with van der Waals surface area (Å²) in [5.41, 5.74) is 0.684. The summed E-state index contributed by atoms with van der Waals surface area (Å²) in [6.45, 7) is 1.89. The second-order valence-corrected chi connectivity index (χ2v) is 5.42. The van der Waals surface area contributed by atoms with Crippen LogP contribution in [-0.4, -0.2) is 0 Å². The third-order valence-corrected chi connectivity index (χ3v) is 3.52. The Labute approximate surface area is 123 Å². The quantitative estimate of drug-likeness (QED) is 0.847. The van der Waals surface area contributed by atoms with Gasteiger partial charge in [0.25, 0.3) is 0 Å². The second-order valence-electron chi connectivity index (χ2n) is 4.50. The highest BCUT2D eigenvalue weighted by Gasteiger charge is 2.12. The third kappa shape index (κ3) is 3.61. The molecule has 1 N–H and O–H groups in total. The highest BCUT2D eigenvalue weighted by atomic mass is 79.9. The highest BCUT2D eigenvalue weighted by molar-refractivity contribution is 9.10. The van der Waals surface area contributed by atoms with Crippen LogP contribution in [0.4, 0.5) is 13.2 Å². The van der Waals surface area contributed by atoms with Gasteiger partial charge in [0.15, 0.2) is 0 Å². The molecule has 0 saturated heterocycles. The van der Waals surface area contributed by atoms with Crippen molar-refractivity contribution in [2.24, 2.45) is 0 Å². The molecule has 0 aliphatic carbocycles. The smallest absolute Gasteiger partial charge is 0.128 e. The van der Waals surface area contributed by atoms with Gasteiger partial charge in [0.05, 0.1) is 0 Å². The average molecular weight is 344 g/mol. The van der Waals surface area contributed by atoms with E-state index in [1.807, 2.05) is 0 Å². The maximum atomic E-state index is 13.7. The largest absolute Gasteiger partial charge is 0.306 e. The molecule has 5 heteroatoms. The van der Waals surface area contributed by atoms with Crippen molar-refractivity contribution in [2.45, 2.75) is 19.5 Å². The number of hydrogen-bond donors (Lipinski definition) is 1. The summed E-state index contributed by atoms with van der Waals surface area (Å²) in [4.78, 5) is 0. The van der Waals surface area contributed by atoms with Crippen LogP contribution in [0.15, 0.2) is 40.9 Å². The van der Waals surface area contributed by atoms with Crippen molar-refractivity contribution in [1.82, 2.24) is 5.32 Å². The molecule has 0 aliphatic rings. The van der Waals surface area contributed by atoms with Crippen LogP contribution in [-0.2, 0) is 6.54 Å². The summed E-state index contributed by atoms with van der Waals surface area (Å²) < 4.78 is 41.0. The molecular weight excluding hydrogens is 331 g/mol. The fourth-order valence-corrected chi connectivity index (χ4v) is 2.28. The lowest BCUT2D eigenvalue weighted by atomic mass is 10.1. The van der Waals surface area contributed by atoms with Gasteiger partial charge in [0, 0.05) is 28.2 Å². The summed E-state index contributed by atoms with van der Waals surface area (Å²) in [5.74, 6) is -1.32. The van der Waals surface area contributed by atoms with E-state index in [0.717, 1.165) is 22.7 Å². The zero-order chi connectivity index (χ0) is 14.7. The molecule has 1 nitrogen and oxygen atoms in total. The molecule has 0 spiro atoms. The van der Waals surface area contributed by atoms with E-state index in [2.05, 4.69) is 21.2 Å². The molecule has 0 aromatic heterocycles. The first-order chi connectivity index (χ1) is 9.47. The number of benzene rings is 2. The molecule has 0 radical (unpaired) electrons. The first-order valence-corrected chi connectivity index (χ1v) is 6.89. The van der Waals surface area contributed by atoms with E-state index >= 15 is 0 Å². The summed E-state index contributed by atoms with van der Waals surface area (Å²) in [6, 6.07) is 7.59. The van der Waals surface area contributed by atoms with Crippen molar-refractivity contribution in [2.75, 3.05) is 0 Å². The van der Waals surface area contributed by atoms with E-state index in [4.69, 9.17) is 0 Å². The molecule has 0 amide bonds. The zero-order valence-electron chi connectivity index (χ0n) is 10.8. The van der Waals surface area contributed by atoms with E-state index in [-0.39, 0.29) is 24.0 Å². The number of halogens is 4. The fraction of sp³-hybridized carbons (Fsp3) is 0.200. The average Bonchev–Trinajstić information content (AvgIpc) is 2.42. The Morgan fingerprint density at radius 1 is 1.05 bits per heavy atom. The maximum Gasteiger partial charge on any atom is 0.128 e. The van der Waals surface area contributed by atoms with Gasteiger partial charge in [-0.3, -0.25) is 0 Å². The fourth-order valence-electron chi connectivity index (χ4n) is 1.90. The number of hydrogen-bond acceptors (Lipinski definition) is 1. The standard InChI is InChI=1S/C15H13BrF3N/c1-9(13-7-11(16)2-4-15(13)19)20-8-10-6-12(17)3-5-14(10)18/h2-7,9,20H,8H2,1H3. The van der Waals surface area contributed by atoms with Gasteiger partial charge in [-0.25, -0.2) is 13.2 Å². The molecule has 0 fully saturated rings. The molecule has 1 unspecified atom stereocenters. The lowest BCUT2D eigenvalue weighted by Crippen LogP contribution is -2.20. The molecule has 2 aromatic carbocycles. The van der Waals surface area contributed by atoms with Crippen LogP contribution in [0.3, 0.4) is 0 Å². The van der Waals surface area contributed by atoms with Crippen LogP contribution in [0.25, 0.3) is 0 Å². The molecular formula is C15H13BrF3N. The lowest BCUT2D eigenvalue weighted by Gasteiger charge is -2.16. The van der Waals surface area contributed by atoms with Gasteiger partial charge in [0.1, 0.15) is 17.5 Å². The Morgan fingerprint density at radius 3 is 2.50 bits per heavy atom. The molecule has 2 rings (SSSR count). The SMILES string of the molecule is CC(NCc1cc(F)ccc1F)c1cc(Br)ccc1F. The monoisotopic (exact) mass is 343 g/mol. The Bertz CT molecular complexity index is 616. The van der Waals surface area contributed by atoms with Crippen molar-refractivity contribution in [3.63, 3.8) is 0 Å². The van der Waals surface area contributed by atoms with E-state index in [9.17, 15) is 13.2 Å². The van der Waals surface area contributed by atoms with E-state index < -0.39 is 11.6 Å². The molecule has 0 heterocycles. The van der Waals surface area contributed by atoms with Gasteiger partial charge in [-0.05, 0) is 43.3 Å². The van der Waals surface area contributed by atoms with Gasteiger partial charge in [-0.15, -0.1) is 0 Å². The minimum absolute atomic E-state index is 0.122. The zero-order valence-corrected chi connectivity index (χ0v) is 12.3. The van der Waals surface area contributed by atoms with Crippen LogP contribution in [0.2, 0.25) is 0 Å². The minimum Gasteiger partial charge on any atom is -0.306 e. The van der Waals surface area contributed by atoms with Gasteiger partial charge >= 0.3 is 0 Å². The van der Waals surface area contributed by atoms with Crippen LogP contribution in [0.1, 0.15) is 24.1 Å². The van der Waals surface area contributed by atoms with Crippen molar-refractivity contribution < 1.29 is 13.2 Å². The van der Waals surface area contributed by atoms with Gasteiger partial charge < -0.3 is 5.32 Å². The van der Waals surface area contributed by atoms with Crippen molar-refractivity contribution >= 4 is 15.9 Å². The first kappa shape index (κ1) is 15.1. The van der Waals surface area contributed by atoms with Crippen molar-refractivity contribution in [3.05, 3.63) is 69.4 Å². The number of nitrogens with one attached hydrogen (secondary N) is 1. The lowest BCUT2D eigenvalue weighted by molar-refractivity contribution is 0.511. The Morgan fingerprint density at radius 2 is 1.75 bits per heavy atom. The predicted molar refractivity (Wildman–Crippen MR) is 75.7 cm³/mol.